The lowest BCUT2D eigenvalue weighted by molar-refractivity contribution is 0.544. The fourth-order valence-electron chi connectivity index (χ4n) is 2.51. The summed E-state index contributed by atoms with van der Waals surface area (Å²) in [4.78, 5) is 4.20. The van der Waals surface area contributed by atoms with Crippen molar-refractivity contribution in [3.63, 3.8) is 0 Å². The Balaban J connectivity index is 2.11. The van der Waals surface area contributed by atoms with Gasteiger partial charge in [-0.2, -0.15) is 10.2 Å². The summed E-state index contributed by atoms with van der Waals surface area (Å²) in [6, 6.07) is 2.13. The van der Waals surface area contributed by atoms with Gasteiger partial charge in [-0.25, -0.2) is 4.52 Å². The van der Waals surface area contributed by atoms with E-state index in [0.717, 1.165) is 29.9 Å². The van der Waals surface area contributed by atoms with Gasteiger partial charge in [-0.05, 0) is 19.5 Å². The van der Waals surface area contributed by atoms with Crippen LogP contribution in [0.15, 0.2) is 37.1 Å². The Labute approximate surface area is 117 Å². The van der Waals surface area contributed by atoms with E-state index in [1.807, 2.05) is 34.0 Å². The van der Waals surface area contributed by atoms with Gasteiger partial charge in [0.05, 0.1) is 29.6 Å². The fraction of sp³-hybridized carbons (Fsp3) is 0.357. The Morgan fingerprint density at radius 1 is 1.20 bits per heavy atom. The van der Waals surface area contributed by atoms with Crippen molar-refractivity contribution in [2.45, 2.75) is 26.4 Å². The van der Waals surface area contributed by atoms with Crippen molar-refractivity contribution in [2.75, 3.05) is 6.54 Å². The molecule has 104 valence electrons. The largest absolute Gasteiger partial charge is 0.305 e. The molecule has 1 atom stereocenters. The molecule has 1 unspecified atom stereocenters. The highest BCUT2D eigenvalue weighted by molar-refractivity contribution is 5.55. The summed E-state index contributed by atoms with van der Waals surface area (Å²) in [5.41, 5.74) is 3.28. The molecule has 6 nitrogen and oxygen atoms in total. The summed E-state index contributed by atoms with van der Waals surface area (Å²) in [5.74, 6) is 0. The molecule has 3 aromatic heterocycles. The zero-order valence-corrected chi connectivity index (χ0v) is 11.7. The predicted molar refractivity (Wildman–Crippen MR) is 76.4 cm³/mol. The van der Waals surface area contributed by atoms with E-state index in [1.165, 1.54) is 0 Å². The van der Waals surface area contributed by atoms with Gasteiger partial charge < -0.3 is 5.32 Å². The number of hydrogen-bond donors (Lipinski definition) is 1. The van der Waals surface area contributed by atoms with Crippen LogP contribution in [0.1, 0.15) is 31.1 Å². The van der Waals surface area contributed by atoms with E-state index in [0.29, 0.717) is 0 Å². The molecule has 0 fully saturated rings. The quantitative estimate of drug-likeness (QED) is 0.765. The molecule has 1 N–H and O–H groups in total. The van der Waals surface area contributed by atoms with Gasteiger partial charge in [0.1, 0.15) is 0 Å². The summed E-state index contributed by atoms with van der Waals surface area (Å²) < 4.78 is 3.85. The molecule has 0 saturated carbocycles. The van der Waals surface area contributed by atoms with Gasteiger partial charge in [0.15, 0.2) is 0 Å². The fourth-order valence-corrected chi connectivity index (χ4v) is 2.51. The van der Waals surface area contributed by atoms with E-state index < -0.39 is 0 Å². The molecule has 0 bridgehead atoms. The lowest BCUT2D eigenvalue weighted by Crippen LogP contribution is -2.24. The molecule has 0 aliphatic rings. The van der Waals surface area contributed by atoms with Gasteiger partial charge >= 0.3 is 0 Å². The van der Waals surface area contributed by atoms with E-state index in [1.54, 1.807) is 6.20 Å². The maximum absolute atomic E-state index is 4.39. The number of hydrogen-bond acceptors (Lipinski definition) is 4. The number of rotatable bonds is 5. The molecule has 0 saturated heterocycles. The summed E-state index contributed by atoms with van der Waals surface area (Å²) in [5, 5.41) is 12.3. The molecule has 6 heteroatoms. The molecular weight excluding hydrogens is 252 g/mol. The van der Waals surface area contributed by atoms with E-state index >= 15 is 0 Å². The summed E-state index contributed by atoms with van der Waals surface area (Å²) in [6.45, 7) is 5.92. The van der Waals surface area contributed by atoms with Gasteiger partial charge in [-0.15, -0.1) is 0 Å². The molecule has 0 aromatic carbocycles. The average Bonchev–Trinajstić information content (AvgIpc) is 3.11. The zero-order valence-electron chi connectivity index (χ0n) is 11.7. The Morgan fingerprint density at radius 3 is 2.90 bits per heavy atom. The van der Waals surface area contributed by atoms with Crippen molar-refractivity contribution in [3.8, 4) is 0 Å². The van der Waals surface area contributed by atoms with Crippen LogP contribution < -0.4 is 5.32 Å². The van der Waals surface area contributed by atoms with Crippen LogP contribution in [-0.4, -0.2) is 30.9 Å². The second-order valence-corrected chi connectivity index (χ2v) is 4.57. The van der Waals surface area contributed by atoms with E-state index in [-0.39, 0.29) is 6.04 Å². The van der Waals surface area contributed by atoms with Crippen LogP contribution in [0.4, 0.5) is 0 Å². The van der Waals surface area contributed by atoms with Crippen molar-refractivity contribution >= 4 is 5.52 Å². The number of nitrogens with zero attached hydrogens (tertiary/aromatic N) is 5. The van der Waals surface area contributed by atoms with Gasteiger partial charge in [0.25, 0.3) is 0 Å². The Hall–Kier alpha value is -2.21. The monoisotopic (exact) mass is 270 g/mol. The average molecular weight is 270 g/mol. The van der Waals surface area contributed by atoms with Crippen LogP contribution in [0.2, 0.25) is 0 Å². The van der Waals surface area contributed by atoms with E-state index in [2.05, 4.69) is 40.4 Å². The lowest BCUT2D eigenvalue weighted by atomic mass is 10.1. The van der Waals surface area contributed by atoms with Crippen molar-refractivity contribution in [3.05, 3.63) is 48.3 Å². The Morgan fingerprint density at radius 2 is 2.10 bits per heavy atom. The molecule has 0 amide bonds. The molecular formula is C14H18N6. The van der Waals surface area contributed by atoms with Crippen LogP contribution in [0, 0.1) is 0 Å². The topological polar surface area (TPSA) is 60.0 Å². The molecule has 3 heterocycles. The normalized spacial score (nSPS) is 12.9. The van der Waals surface area contributed by atoms with Crippen LogP contribution in [0.25, 0.3) is 5.52 Å². The minimum Gasteiger partial charge on any atom is -0.305 e. The third-order valence-electron chi connectivity index (χ3n) is 3.42. The minimum atomic E-state index is 0.0733. The summed E-state index contributed by atoms with van der Waals surface area (Å²) in [7, 11) is 0. The third-order valence-corrected chi connectivity index (χ3v) is 3.42. The Kier molecular flexibility index (Phi) is 3.47. The molecule has 0 aliphatic carbocycles. The second-order valence-electron chi connectivity index (χ2n) is 4.57. The predicted octanol–water partition coefficient (Wildman–Crippen LogP) is 1.64. The SMILES string of the molecule is CCNC(c1cnn2ccncc12)c1ccnn1CC. The van der Waals surface area contributed by atoms with Gasteiger partial charge in [0.2, 0.25) is 0 Å². The van der Waals surface area contributed by atoms with E-state index in [4.69, 9.17) is 0 Å². The number of nitrogens with one attached hydrogen (secondary N) is 1. The van der Waals surface area contributed by atoms with Gasteiger partial charge in [-0.3, -0.25) is 9.67 Å². The first-order valence-corrected chi connectivity index (χ1v) is 6.87. The highest BCUT2D eigenvalue weighted by Crippen LogP contribution is 2.25. The highest BCUT2D eigenvalue weighted by atomic mass is 15.3. The molecule has 3 rings (SSSR count). The number of aromatic nitrogens is 5. The van der Waals surface area contributed by atoms with Crippen molar-refractivity contribution in [1.29, 1.82) is 0 Å². The van der Waals surface area contributed by atoms with Crippen molar-refractivity contribution < 1.29 is 0 Å². The second kappa shape index (κ2) is 5.42. The lowest BCUT2D eigenvalue weighted by Gasteiger charge is -2.18. The third kappa shape index (κ3) is 2.08. The van der Waals surface area contributed by atoms with Crippen LogP contribution in [0.5, 0.6) is 0 Å². The van der Waals surface area contributed by atoms with Crippen LogP contribution in [0.3, 0.4) is 0 Å². The number of aryl methyl sites for hydroxylation is 1. The Bertz CT molecular complexity index is 698. The molecule has 0 aliphatic heterocycles. The van der Waals surface area contributed by atoms with Crippen molar-refractivity contribution in [2.24, 2.45) is 0 Å². The first-order chi connectivity index (χ1) is 9.85. The standard InChI is InChI=1S/C14H18N6/c1-3-16-14(12-5-6-17-19(12)4-2)11-9-18-20-8-7-15-10-13(11)20/h5-10,14,16H,3-4H2,1-2H3. The highest BCUT2D eigenvalue weighted by Gasteiger charge is 2.20. The van der Waals surface area contributed by atoms with Crippen LogP contribution >= 0.6 is 0 Å². The smallest absolute Gasteiger partial charge is 0.0896 e. The van der Waals surface area contributed by atoms with Crippen LogP contribution in [-0.2, 0) is 6.54 Å². The molecule has 0 spiro atoms. The minimum absolute atomic E-state index is 0.0733. The zero-order chi connectivity index (χ0) is 13.9. The maximum atomic E-state index is 4.39. The molecule has 0 radical (unpaired) electrons. The maximum Gasteiger partial charge on any atom is 0.0896 e. The van der Waals surface area contributed by atoms with Gasteiger partial charge in [0, 0.05) is 30.7 Å². The molecule has 20 heavy (non-hydrogen) atoms. The first-order valence-electron chi connectivity index (χ1n) is 6.87. The number of fused-ring (bicyclic) bond motifs is 1. The summed E-state index contributed by atoms with van der Waals surface area (Å²) >= 11 is 0. The first kappa shape index (κ1) is 12.8. The van der Waals surface area contributed by atoms with E-state index in [9.17, 15) is 0 Å². The van der Waals surface area contributed by atoms with Gasteiger partial charge in [-0.1, -0.05) is 6.92 Å². The van der Waals surface area contributed by atoms with Crippen molar-refractivity contribution in [1.82, 2.24) is 29.7 Å². The summed E-state index contributed by atoms with van der Waals surface area (Å²) in [6.07, 6.45) is 9.19. The molecule has 3 aromatic rings.